The Labute approximate surface area is 138 Å². The van der Waals surface area contributed by atoms with Crippen molar-refractivity contribution in [2.24, 2.45) is 0 Å². The van der Waals surface area contributed by atoms with E-state index in [1.807, 2.05) is 42.5 Å². The maximum Gasteiger partial charge on any atom is 0.413 e. The van der Waals surface area contributed by atoms with Gasteiger partial charge in [-0.25, -0.2) is 9.78 Å². The summed E-state index contributed by atoms with van der Waals surface area (Å²) in [5.74, 6) is 0.593. The van der Waals surface area contributed by atoms with Gasteiger partial charge in [0, 0.05) is 0 Å². The van der Waals surface area contributed by atoms with Crippen molar-refractivity contribution in [3.05, 3.63) is 53.6 Å². The number of nitrogens with one attached hydrogen (secondary N) is 2. The summed E-state index contributed by atoms with van der Waals surface area (Å²) < 4.78 is 4.82. The van der Waals surface area contributed by atoms with Crippen molar-refractivity contribution in [3.63, 3.8) is 0 Å². The van der Waals surface area contributed by atoms with Crippen molar-refractivity contribution < 1.29 is 14.6 Å². The summed E-state index contributed by atoms with van der Waals surface area (Å²) in [4.78, 5) is 18.7. The molecular formula is C18H17N3O3. The third-order valence-corrected chi connectivity index (χ3v) is 3.36. The van der Waals surface area contributed by atoms with E-state index in [9.17, 15) is 9.90 Å². The summed E-state index contributed by atoms with van der Waals surface area (Å²) in [5.41, 5.74) is 3.54. The number of imidazole rings is 1. The van der Waals surface area contributed by atoms with Crippen molar-refractivity contribution in [2.75, 3.05) is 11.9 Å². The van der Waals surface area contributed by atoms with E-state index in [4.69, 9.17) is 4.74 Å². The van der Waals surface area contributed by atoms with E-state index in [0.717, 1.165) is 22.2 Å². The molecule has 0 saturated carbocycles. The second kappa shape index (κ2) is 6.87. The Morgan fingerprint density at radius 1 is 1.21 bits per heavy atom. The van der Waals surface area contributed by atoms with Crippen LogP contribution in [0.2, 0.25) is 0 Å². The highest BCUT2D eigenvalue weighted by Gasteiger charge is 2.07. The topological polar surface area (TPSA) is 87.2 Å². The average Bonchev–Trinajstić information content (AvgIpc) is 2.95. The number of carbonyl (C=O) groups excluding carboxylic acids is 1. The molecule has 0 atom stereocenters. The lowest BCUT2D eigenvalue weighted by Gasteiger charge is -2.00. The van der Waals surface area contributed by atoms with Gasteiger partial charge < -0.3 is 14.8 Å². The Balaban J connectivity index is 1.78. The smallest absolute Gasteiger partial charge is 0.413 e. The number of carbonyl (C=O) groups is 1. The maximum absolute atomic E-state index is 11.4. The van der Waals surface area contributed by atoms with Crippen LogP contribution in [0.15, 0.2) is 42.5 Å². The predicted octanol–water partition coefficient (Wildman–Crippen LogP) is 4.01. The Bertz CT molecular complexity index is 882. The van der Waals surface area contributed by atoms with E-state index >= 15 is 0 Å². The summed E-state index contributed by atoms with van der Waals surface area (Å²) >= 11 is 0. The molecule has 6 nitrogen and oxygen atoms in total. The van der Waals surface area contributed by atoms with E-state index in [1.54, 1.807) is 19.1 Å². The predicted molar refractivity (Wildman–Crippen MR) is 93.8 cm³/mol. The molecule has 0 bridgehead atoms. The number of aromatic hydroxyl groups is 1. The first-order valence-electron chi connectivity index (χ1n) is 7.54. The summed E-state index contributed by atoms with van der Waals surface area (Å²) in [6.45, 7) is 2.04. The molecule has 122 valence electrons. The van der Waals surface area contributed by atoms with Gasteiger partial charge in [0.05, 0.1) is 17.6 Å². The molecule has 1 aromatic heterocycles. The van der Waals surface area contributed by atoms with Gasteiger partial charge in [0.1, 0.15) is 5.75 Å². The average molecular weight is 323 g/mol. The van der Waals surface area contributed by atoms with Gasteiger partial charge in [0.25, 0.3) is 0 Å². The normalized spacial score (nSPS) is 11.0. The highest BCUT2D eigenvalue weighted by molar-refractivity contribution is 5.87. The van der Waals surface area contributed by atoms with Crippen LogP contribution in [-0.2, 0) is 4.74 Å². The Kier molecular flexibility index (Phi) is 4.47. The standard InChI is InChI=1S/C18H17N3O3/c1-2-24-18(23)21-17-19-15-10-7-13(11-16(15)20-17)4-3-12-5-8-14(22)9-6-12/h3-11,22H,2H2,1H3,(H2,19,20,21,23)/b4-3+. The molecule has 6 heteroatoms. The van der Waals surface area contributed by atoms with Crippen molar-refractivity contribution in [3.8, 4) is 5.75 Å². The highest BCUT2D eigenvalue weighted by atomic mass is 16.5. The molecule has 0 aliphatic heterocycles. The number of phenolic OH excluding ortho intramolecular Hbond substituents is 1. The summed E-state index contributed by atoms with van der Waals surface area (Å²) in [7, 11) is 0. The van der Waals surface area contributed by atoms with Gasteiger partial charge in [0.15, 0.2) is 0 Å². The molecule has 3 N–H and O–H groups in total. The third kappa shape index (κ3) is 3.73. The molecule has 3 aromatic rings. The number of fused-ring (bicyclic) bond motifs is 1. The molecule has 0 unspecified atom stereocenters. The molecule has 1 amide bonds. The SMILES string of the molecule is CCOC(=O)Nc1nc2ccc(/C=C/c3ccc(O)cc3)cc2[nH]1. The molecule has 0 radical (unpaired) electrons. The zero-order chi connectivity index (χ0) is 16.9. The Morgan fingerprint density at radius 3 is 2.67 bits per heavy atom. The van der Waals surface area contributed by atoms with Crippen molar-refractivity contribution in [1.29, 1.82) is 0 Å². The van der Waals surface area contributed by atoms with Crippen LogP contribution in [0.1, 0.15) is 18.1 Å². The van der Waals surface area contributed by atoms with E-state index < -0.39 is 6.09 Å². The fraction of sp³-hybridized carbons (Fsp3) is 0.111. The Hall–Kier alpha value is -3.28. The number of hydrogen-bond acceptors (Lipinski definition) is 4. The number of amides is 1. The lowest BCUT2D eigenvalue weighted by molar-refractivity contribution is 0.167. The van der Waals surface area contributed by atoms with Crippen LogP contribution in [-0.4, -0.2) is 27.8 Å². The minimum absolute atomic E-state index is 0.243. The molecule has 0 spiro atoms. The number of benzene rings is 2. The number of anilines is 1. The van der Waals surface area contributed by atoms with Gasteiger partial charge in [-0.1, -0.05) is 30.4 Å². The molecule has 0 aliphatic rings. The quantitative estimate of drug-likeness (QED) is 0.633. The monoisotopic (exact) mass is 323 g/mol. The van der Waals surface area contributed by atoms with Crippen LogP contribution in [0.5, 0.6) is 5.75 Å². The van der Waals surface area contributed by atoms with Crippen molar-refractivity contribution in [1.82, 2.24) is 9.97 Å². The van der Waals surface area contributed by atoms with Gasteiger partial charge >= 0.3 is 6.09 Å². The second-order valence-electron chi connectivity index (χ2n) is 5.13. The molecule has 2 aromatic carbocycles. The van der Waals surface area contributed by atoms with Gasteiger partial charge in [0.2, 0.25) is 5.95 Å². The van der Waals surface area contributed by atoms with Crippen LogP contribution in [0.4, 0.5) is 10.7 Å². The van der Waals surface area contributed by atoms with Gasteiger partial charge in [-0.05, 0) is 42.3 Å². The van der Waals surface area contributed by atoms with Gasteiger partial charge in [-0.3, -0.25) is 5.32 Å². The molecule has 24 heavy (non-hydrogen) atoms. The fourth-order valence-electron chi connectivity index (χ4n) is 2.23. The van der Waals surface area contributed by atoms with Gasteiger partial charge in [-0.2, -0.15) is 0 Å². The van der Waals surface area contributed by atoms with Crippen molar-refractivity contribution in [2.45, 2.75) is 6.92 Å². The lowest BCUT2D eigenvalue weighted by atomic mass is 10.1. The zero-order valence-corrected chi connectivity index (χ0v) is 13.1. The van der Waals surface area contributed by atoms with Crippen LogP contribution in [0.25, 0.3) is 23.2 Å². The number of aromatic amines is 1. The molecule has 1 heterocycles. The first kappa shape index (κ1) is 15.6. The lowest BCUT2D eigenvalue weighted by Crippen LogP contribution is -2.14. The van der Waals surface area contributed by atoms with E-state index in [0.29, 0.717) is 12.6 Å². The largest absolute Gasteiger partial charge is 0.508 e. The molecular weight excluding hydrogens is 306 g/mol. The third-order valence-electron chi connectivity index (χ3n) is 3.36. The number of H-pyrrole nitrogens is 1. The van der Waals surface area contributed by atoms with Crippen LogP contribution in [0, 0.1) is 0 Å². The van der Waals surface area contributed by atoms with Gasteiger partial charge in [-0.15, -0.1) is 0 Å². The fourth-order valence-corrected chi connectivity index (χ4v) is 2.23. The van der Waals surface area contributed by atoms with E-state index in [1.165, 1.54) is 0 Å². The summed E-state index contributed by atoms with van der Waals surface area (Å²) in [5, 5.41) is 11.8. The van der Waals surface area contributed by atoms with Crippen LogP contribution < -0.4 is 5.32 Å². The number of nitrogens with zero attached hydrogens (tertiary/aromatic N) is 1. The summed E-state index contributed by atoms with van der Waals surface area (Å²) in [6.07, 6.45) is 3.38. The molecule has 0 saturated heterocycles. The number of aromatic nitrogens is 2. The minimum Gasteiger partial charge on any atom is -0.508 e. The second-order valence-corrected chi connectivity index (χ2v) is 5.13. The molecule has 0 aliphatic carbocycles. The number of phenols is 1. The number of hydrogen-bond donors (Lipinski definition) is 3. The molecule has 0 fully saturated rings. The van der Waals surface area contributed by atoms with E-state index in [-0.39, 0.29) is 5.75 Å². The van der Waals surface area contributed by atoms with Crippen LogP contribution in [0.3, 0.4) is 0 Å². The highest BCUT2D eigenvalue weighted by Crippen LogP contribution is 2.18. The molecule has 3 rings (SSSR count). The maximum atomic E-state index is 11.4. The van der Waals surface area contributed by atoms with Crippen molar-refractivity contribution >= 4 is 35.2 Å². The first-order valence-corrected chi connectivity index (χ1v) is 7.54. The number of ether oxygens (including phenoxy) is 1. The number of rotatable bonds is 4. The first-order chi connectivity index (χ1) is 11.6. The Morgan fingerprint density at radius 2 is 1.92 bits per heavy atom. The minimum atomic E-state index is -0.538. The summed E-state index contributed by atoms with van der Waals surface area (Å²) in [6, 6.07) is 12.7. The zero-order valence-electron chi connectivity index (χ0n) is 13.1. The van der Waals surface area contributed by atoms with E-state index in [2.05, 4.69) is 15.3 Å². The van der Waals surface area contributed by atoms with Crippen LogP contribution >= 0.6 is 0 Å².